The van der Waals surface area contributed by atoms with Crippen LogP contribution in [0, 0.1) is 23.7 Å². The predicted octanol–water partition coefficient (Wildman–Crippen LogP) is 2.94. The van der Waals surface area contributed by atoms with E-state index >= 15 is 0 Å². The number of nitrogens with zero attached hydrogens (tertiary/aromatic N) is 3. The first-order valence-corrected chi connectivity index (χ1v) is 15.4. The molecule has 3 amide bonds. The third-order valence-electron chi connectivity index (χ3n) is 8.29. The maximum absolute atomic E-state index is 14.3. The minimum atomic E-state index is -1.21. The maximum atomic E-state index is 14.3. The number of carbonyl (C=O) groups excluding carboxylic acids is 3. The molecule has 10 nitrogen and oxygen atoms in total. The summed E-state index contributed by atoms with van der Waals surface area (Å²) in [5, 5.41) is 14.4. The van der Waals surface area contributed by atoms with E-state index in [9.17, 15) is 19.5 Å². The molecule has 2 aliphatic carbocycles. The number of amides is 3. The highest BCUT2D eigenvalue weighted by Crippen LogP contribution is 2.37. The Hall–Kier alpha value is -2.85. The van der Waals surface area contributed by atoms with E-state index in [2.05, 4.69) is 40.7 Å². The molecule has 2 unspecified atom stereocenters. The second-order valence-corrected chi connectivity index (χ2v) is 13.5. The Bertz CT molecular complexity index is 1080. The molecule has 0 aromatic rings. The molecule has 0 bridgehead atoms. The number of aliphatic hydroxyl groups is 1. The van der Waals surface area contributed by atoms with Crippen LogP contribution in [-0.2, 0) is 19.1 Å². The van der Waals surface area contributed by atoms with Crippen molar-refractivity contribution in [3.05, 3.63) is 36.1 Å². The van der Waals surface area contributed by atoms with Gasteiger partial charge in [0.1, 0.15) is 5.60 Å². The van der Waals surface area contributed by atoms with Crippen molar-refractivity contribution in [2.24, 2.45) is 23.7 Å². The number of nitrogens with one attached hydrogen (secondary N) is 1. The van der Waals surface area contributed by atoms with Crippen LogP contribution >= 0.6 is 0 Å². The Morgan fingerprint density at radius 2 is 1.81 bits per heavy atom. The van der Waals surface area contributed by atoms with Gasteiger partial charge in [-0.05, 0) is 51.5 Å². The molecule has 0 aromatic heterocycles. The monoisotopic (exact) mass is 586 g/mol. The van der Waals surface area contributed by atoms with Crippen molar-refractivity contribution in [1.29, 1.82) is 0 Å². The topological polar surface area (TPSA) is 112 Å². The van der Waals surface area contributed by atoms with Gasteiger partial charge in [-0.2, -0.15) is 0 Å². The molecule has 2 fully saturated rings. The zero-order chi connectivity index (χ0) is 30.6. The molecule has 5 atom stereocenters. The quantitative estimate of drug-likeness (QED) is 0.358. The van der Waals surface area contributed by atoms with E-state index in [-0.39, 0.29) is 48.8 Å². The molecule has 10 heteroatoms. The summed E-state index contributed by atoms with van der Waals surface area (Å²) in [6.45, 7) is 11.8. The van der Waals surface area contributed by atoms with E-state index in [0.29, 0.717) is 19.7 Å². The average molecular weight is 587 g/mol. The number of piperidine rings is 1. The molecule has 1 saturated heterocycles. The van der Waals surface area contributed by atoms with Crippen LogP contribution in [0.4, 0.5) is 4.79 Å². The van der Waals surface area contributed by atoms with Crippen molar-refractivity contribution in [2.45, 2.75) is 77.7 Å². The first-order valence-electron chi connectivity index (χ1n) is 15.4. The highest BCUT2D eigenvalue weighted by atomic mass is 16.6. The molecule has 2 aliphatic heterocycles. The normalized spacial score (nSPS) is 27.1. The third-order valence-corrected chi connectivity index (χ3v) is 8.29. The summed E-state index contributed by atoms with van der Waals surface area (Å²) in [7, 11) is 1.71. The van der Waals surface area contributed by atoms with Gasteiger partial charge < -0.3 is 34.6 Å². The number of methoxy groups -OCH3 is 1. The largest absolute Gasteiger partial charge is 0.444 e. The molecule has 2 heterocycles. The first-order chi connectivity index (χ1) is 19.9. The summed E-state index contributed by atoms with van der Waals surface area (Å²) in [6.07, 6.45) is 11.6. The van der Waals surface area contributed by atoms with Gasteiger partial charge in [0.15, 0.2) is 0 Å². The lowest BCUT2D eigenvalue weighted by Crippen LogP contribution is -2.60. The first kappa shape index (κ1) is 32.1. The zero-order valence-electron chi connectivity index (χ0n) is 26.1. The van der Waals surface area contributed by atoms with Gasteiger partial charge in [-0.15, -0.1) is 0 Å². The number of aliphatic hydroxyl groups excluding tert-OH is 1. The Labute approximate surface area is 250 Å². The lowest BCUT2D eigenvalue weighted by molar-refractivity contribution is -0.149. The summed E-state index contributed by atoms with van der Waals surface area (Å²) in [5.74, 6) is -2.05. The SMILES string of the molecule is COCCCN1C=C(CN(C(=O)[C@H]2CN(C(=O)OC(C)(C)C)C[C@@H](C(=O)NCC(C)C)[C@H]2O)C2CC2)C2C=CC=CC21. The van der Waals surface area contributed by atoms with Gasteiger partial charge in [-0.25, -0.2) is 4.79 Å². The molecule has 2 N–H and O–H groups in total. The molecular formula is C32H50N4O6. The number of hydrogen-bond donors (Lipinski definition) is 2. The van der Waals surface area contributed by atoms with E-state index in [0.717, 1.165) is 31.4 Å². The summed E-state index contributed by atoms with van der Waals surface area (Å²) in [6, 6.07) is 0.287. The summed E-state index contributed by atoms with van der Waals surface area (Å²) >= 11 is 0. The highest BCUT2D eigenvalue weighted by molar-refractivity contribution is 5.86. The van der Waals surface area contributed by atoms with Crippen LogP contribution in [0.2, 0.25) is 0 Å². The van der Waals surface area contributed by atoms with Crippen LogP contribution in [0.15, 0.2) is 36.1 Å². The second-order valence-electron chi connectivity index (χ2n) is 13.5. The van der Waals surface area contributed by atoms with E-state index in [1.165, 1.54) is 4.90 Å². The van der Waals surface area contributed by atoms with Gasteiger partial charge in [0.2, 0.25) is 11.8 Å². The standard InChI is InChI=1S/C32H50N4O6/c1-21(2)16-33-29(38)25-19-35(31(40)42-32(3,4)5)20-26(28(25)37)30(39)36(23-12-13-23)18-22-17-34(14-9-15-41-6)27-11-8-7-10-24(22)27/h7-8,10-11,17,21,23-28,37H,9,12-16,18-20H2,1-6H3,(H,33,38)/t24?,25-,26+,27?,28-/m1/s1. The molecule has 0 spiro atoms. The molecule has 42 heavy (non-hydrogen) atoms. The van der Waals surface area contributed by atoms with Crippen molar-refractivity contribution in [1.82, 2.24) is 20.0 Å². The fourth-order valence-corrected chi connectivity index (χ4v) is 5.99. The van der Waals surface area contributed by atoms with Crippen molar-refractivity contribution < 1.29 is 29.0 Å². The molecule has 0 radical (unpaired) electrons. The number of rotatable bonds is 11. The maximum Gasteiger partial charge on any atom is 0.410 e. The van der Waals surface area contributed by atoms with Crippen LogP contribution in [-0.4, -0.2) is 108 Å². The average Bonchev–Trinajstić information content (AvgIpc) is 3.71. The van der Waals surface area contributed by atoms with E-state index in [4.69, 9.17) is 9.47 Å². The number of allylic oxidation sites excluding steroid dienone is 2. The second kappa shape index (κ2) is 13.6. The Balaban J connectivity index is 1.56. The van der Waals surface area contributed by atoms with Gasteiger partial charge in [0.05, 0.1) is 24.0 Å². The minimum Gasteiger partial charge on any atom is -0.444 e. The van der Waals surface area contributed by atoms with Gasteiger partial charge in [-0.3, -0.25) is 9.59 Å². The van der Waals surface area contributed by atoms with Gasteiger partial charge >= 0.3 is 6.09 Å². The number of ether oxygens (including phenoxy) is 2. The summed E-state index contributed by atoms with van der Waals surface area (Å²) in [4.78, 5) is 46.3. The molecule has 0 aromatic carbocycles. The predicted molar refractivity (Wildman–Crippen MR) is 160 cm³/mol. The molecule has 1 saturated carbocycles. The van der Waals surface area contributed by atoms with Crippen LogP contribution in [0.25, 0.3) is 0 Å². The number of hydrogen-bond acceptors (Lipinski definition) is 7. The third kappa shape index (κ3) is 7.95. The van der Waals surface area contributed by atoms with E-state index in [1.807, 2.05) is 18.7 Å². The molecule has 4 rings (SSSR count). The fourth-order valence-electron chi connectivity index (χ4n) is 5.99. The molecular weight excluding hydrogens is 536 g/mol. The lowest BCUT2D eigenvalue weighted by atomic mass is 9.84. The van der Waals surface area contributed by atoms with Gasteiger partial charge in [0, 0.05) is 64.6 Å². The lowest BCUT2D eigenvalue weighted by Gasteiger charge is -2.42. The van der Waals surface area contributed by atoms with Crippen LogP contribution in [0.3, 0.4) is 0 Å². The Morgan fingerprint density at radius 1 is 1.12 bits per heavy atom. The Morgan fingerprint density at radius 3 is 2.45 bits per heavy atom. The molecule has 234 valence electrons. The summed E-state index contributed by atoms with van der Waals surface area (Å²) in [5.41, 5.74) is 0.420. The Kier molecular flexibility index (Phi) is 10.4. The summed E-state index contributed by atoms with van der Waals surface area (Å²) < 4.78 is 10.9. The fraction of sp³-hybridized carbons (Fsp3) is 0.719. The molecule has 4 aliphatic rings. The number of likely N-dealkylation sites (tertiary alicyclic amines) is 1. The van der Waals surface area contributed by atoms with Crippen LogP contribution in [0.5, 0.6) is 0 Å². The zero-order valence-corrected chi connectivity index (χ0v) is 26.1. The minimum absolute atomic E-state index is 0.00295. The van der Waals surface area contributed by atoms with Crippen LogP contribution < -0.4 is 5.32 Å². The highest BCUT2D eigenvalue weighted by Gasteiger charge is 2.48. The van der Waals surface area contributed by atoms with Crippen molar-refractivity contribution >= 4 is 17.9 Å². The van der Waals surface area contributed by atoms with Crippen molar-refractivity contribution in [2.75, 3.05) is 46.4 Å². The number of fused-ring (bicyclic) bond motifs is 1. The van der Waals surface area contributed by atoms with Gasteiger partial charge in [0.25, 0.3) is 0 Å². The van der Waals surface area contributed by atoms with Crippen LogP contribution in [0.1, 0.15) is 53.9 Å². The van der Waals surface area contributed by atoms with E-state index < -0.39 is 29.6 Å². The number of carbonyl (C=O) groups is 3. The van der Waals surface area contributed by atoms with Crippen molar-refractivity contribution in [3.63, 3.8) is 0 Å². The van der Waals surface area contributed by atoms with Crippen molar-refractivity contribution in [3.8, 4) is 0 Å². The van der Waals surface area contributed by atoms with E-state index in [1.54, 1.807) is 27.9 Å². The smallest absolute Gasteiger partial charge is 0.410 e. The van der Waals surface area contributed by atoms with Gasteiger partial charge in [-0.1, -0.05) is 38.2 Å².